The van der Waals surface area contributed by atoms with E-state index in [-0.39, 0.29) is 5.91 Å². The predicted molar refractivity (Wildman–Crippen MR) is 128 cm³/mol. The molecule has 2 aromatic rings. The molecule has 170 valence electrons. The third-order valence-corrected chi connectivity index (χ3v) is 5.27. The Morgan fingerprint density at radius 1 is 0.903 bits per heavy atom. The van der Waals surface area contributed by atoms with Crippen LogP contribution in [-0.4, -0.2) is 26.2 Å². The molecular formula is C25H34BrNO4. The van der Waals surface area contributed by atoms with E-state index in [0.29, 0.717) is 54.4 Å². The third kappa shape index (κ3) is 8.44. The van der Waals surface area contributed by atoms with Crippen molar-refractivity contribution in [2.45, 2.75) is 47.1 Å². The molecule has 2 aromatic carbocycles. The molecule has 31 heavy (non-hydrogen) atoms. The largest absolute Gasteiger partial charge is 0.493 e. The minimum absolute atomic E-state index is 0.183. The van der Waals surface area contributed by atoms with E-state index in [1.54, 1.807) is 13.2 Å². The van der Waals surface area contributed by atoms with Crippen LogP contribution in [0.1, 0.15) is 56.5 Å². The van der Waals surface area contributed by atoms with Gasteiger partial charge in [0.25, 0.3) is 5.91 Å². The standard InChI is InChI=1S/C25H34BrNO4/c1-17(2)10-12-30-22-9-7-20(26)15-21(22)25(28)27-16-19-6-8-23(24(14-19)29-5)31-13-11-18(3)4/h6-9,14-15,17-18H,10-13,16H2,1-5H3,(H,27,28). The lowest BCUT2D eigenvalue weighted by Crippen LogP contribution is -2.23. The van der Waals surface area contributed by atoms with E-state index < -0.39 is 0 Å². The fourth-order valence-electron chi connectivity index (χ4n) is 2.83. The second-order valence-electron chi connectivity index (χ2n) is 8.37. The average molecular weight is 492 g/mol. The van der Waals surface area contributed by atoms with Crippen LogP contribution in [0, 0.1) is 11.8 Å². The van der Waals surface area contributed by atoms with Crippen LogP contribution < -0.4 is 19.5 Å². The van der Waals surface area contributed by atoms with E-state index in [0.717, 1.165) is 22.9 Å². The number of methoxy groups -OCH3 is 1. The van der Waals surface area contributed by atoms with Gasteiger partial charge in [-0.1, -0.05) is 49.7 Å². The number of hydrogen-bond donors (Lipinski definition) is 1. The molecule has 5 nitrogen and oxygen atoms in total. The van der Waals surface area contributed by atoms with Crippen molar-refractivity contribution in [3.05, 3.63) is 52.0 Å². The number of amides is 1. The zero-order valence-corrected chi connectivity index (χ0v) is 20.8. The summed E-state index contributed by atoms with van der Waals surface area (Å²) in [6.45, 7) is 10.2. The first-order valence-corrected chi connectivity index (χ1v) is 11.6. The lowest BCUT2D eigenvalue weighted by molar-refractivity contribution is 0.0946. The Morgan fingerprint density at radius 3 is 2.13 bits per heavy atom. The molecule has 0 unspecified atom stereocenters. The fraction of sp³-hybridized carbons (Fsp3) is 0.480. The Labute approximate surface area is 194 Å². The molecule has 1 amide bonds. The Balaban J connectivity index is 2.02. The smallest absolute Gasteiger partial charge is 0.255 e. The number of carbonyl (C=O) groups excluding carboxylic acids is 1. The summed E-state index contributed by atoms with van der Waals surface area (Å²) >= 11 is 3.44. The van der Waals surface area contributed by atoms with Gasteiger partial charge in [-0.3, -0.25) is 4.79 Å². The van der Waals surface area contributed by atoms with Crippen molar-refractivity contribution in [1.82, 2.24) is 5.32 Å². The summed E-state index contributed by atoms with van der Waals surface area (Å²) in [6.07, 6.45) is 1.91. The van der Waals surface area contributed by atoms with Gasteiger partial charge in [0.2, 0.25) is 0 Å². The maximum absolute atomic E-state index is 12.8. The topological polar surface area (TPSA) is 56.8 Å². The quantitative estimate of drug-likeness (QED) is 0.381. The lowest BCUT2D eigenvalue weighted by atomic mass is 10.1. The summed E-state index contributed by atoms with van der Waals surface area (Å²) in [7, 11) is 1.62. The van der Waals surface area contributed by atoms with E-state index in [2.05, 4.69) is 48.9 Å². The number of carbonyl (C=O) groups is 1. The molecule has 0 aromatic heterocycles. The molecule has 2 rings (SSSR count). The van der Waals surface area contributed by atoms with Gasteiger partial charge in [0, 0.05) is 11.0 Å². The van der Waals surface area contributed by atoms with Gasteiger partial charge in [0.05, 0.1) is 25.9 Å². The van der Waals surface area contributed by atoms with Crippen molar-refractivity contribution in [2.75, 3.05) is 20.3 Å². The van der Waals surface area contributed by atoms with Crippen molar-refractivity contribution in [3.63, 3.8) is 0 Å². The number of halogens is 1. The summed E-state index contributed by atoms with van der Waals surface area (Å²) in [6, 6.07) is 11.2. The van der Waals surface area contributed by atoms with Crippen molar-refractivity contribution in [1.29, 1.82) is 0 Å². The first kappa shape index (κ1) is 25.1. The summed E-state index contributed by atoms with van der Waals surface area (Å²) in [5.74, 6) is 2.91. The van der Waals surface area contributed by atoms with Crippen molar-refractivity contribution in [3.8, 4) is 17.2 Å². The molecule has 0 heterocycles. The number of ether oxygens (including phenoxy) is 3. The molecule has 0 aliphatic carbocycles. The lowest BCUT2D eigenvalue weighted by Gasteiger charge is -2.15. The summed E-state index contributed by atoms with van der Waals surface area (Å²) in [5, 5.41) is 2.97. The van der Waals surface area contributed by atoms with Crippen LogP contribution in [-0.2, 0) is 6.54 Å². The Morgan fingerprint density at radius 2 is 1.52 bits per heavy atom. The highest BCUT2D eigenvalue weighted by Crippen LogP contribution is 2.29. The maximum Gasteiger partial charge on any atom is 0.255 e. The van der Waals surface area contributed by atoms with E-state index in [1.165, 1.54) is 0 Å². The fourth-order valence-corrected chi connectivity index (χ4v) is 3.19. The first-order valence-electron chi connectivity index (χ1n) is 10.8. The van der Waals surface area contributed by atoms with Crippen LogP contribution in [0.3, 0.4) is 0 Å². The van der Waals surface area contributed by atoms with Crippen molar-refractivity contribution >= 4 is 21.8 Å². The average Bonchev–Trinajstić information content (AvgIpc) is 2.73. The third-order valence-electron chi connectivity index (χ3n) is 4.77. The Bertz CT molecular complexity index is 851. The van der Waals surface area contributed by atoms with Gasteiger partial charge >= 0.3 is 0 Å². The Kier molecular flexibility index (Phi) is 10.2. The zero-order valence-electron chi connectivity index (χ0n) is 19.2. The summed E-state index contributed by atoms with van der Waals surface area (Å²) in [5.41, 5.74) is 1.44. The minimum Gasteiger partial charge on any atom is -0.493 e. The van der Waals surface area contributed by atoms with E-state index in [9.17, 15) is 4.79 Å². The van der Waals surface area contributed by atoms with Crippen molar-refractivity contribution in [2.24, 2.45) is 11.8 Å². The molecule has 0 atom stereocenters. The van der Waals surface area contributed by atoms with Gasteiger partial charge in [-0.2, -0.15) is 0 Å². The summed E-state index contributed by atoms with van der Waals surface area (Å²) in [4.78, 5) is 12.8. The monoisotopic (exact) mass is 491 g/mol. The van der Waals surface area contributed by atoms with E-state index in [4.69, 9.17) is 14.2 Å². The van der Waals surface area contributed by atoms with E-state index >= 15 is 0 Å². The molecule has 0 radical (unpaired) electrons. The van der Waals surface area contributed by atoms with Crippen LogP contribution >= 0.6 is 15.9 Å². The van der Waals surface area contributed by atoms with Crippen LogP contribution in [0.25, 0.3) is 0 Å². The van der Waals surface area contributed by atoms with Crippen LogP contribution in [0.5, 0.6) is 17.2 Å². The molecular weight excluding hydrogens is 458 g/mol. The number of rotatable bonds is 12. The van der Waals surface area contributed by atoms with Crippen LogP contribution in [0.2, 0.25) is 0 Å². The van der Waals surface area contributed by atoms with E-state index in [1.807, 2.05) is 30.3 Å². The Hall–Kier alpha value is -2.21. The summed E-state index contributed by atoms with van der Waals surface area (Å²) < 4.78 is 18.0. The van der Waals surface area contributed by atoms with Gasteiger partial charge < -0.3 is 19.5 Å². The molecule has 6 heteroatoms. The minimum atomic E-state index is -0.183. The van der Waals surface area contributed by atoms with Crippen LogP contribution in [0.15, 0.2) is 40.9 Å². The first-order chi connectivity index (χ1) is 14.8. The van der Waals surface area contributed by atoms with Crippen molar-refractivity contribution < 1.29 is 19.0 Å². The molecule has 0 saturated carbocycles. The molecule has 1 N–H and O–H groups in total. The number of nitrogens with one attached hydrogen (secondary N) is 1. The number of benzene rings is 2. The molecule has 0 aliphatic rings. The molecule has 0 fully saturated rings. The zero-order chi connectivity index (χ0) is 22.8. The maximum atomic E-state index is 12.8. The van der Waals surface area contributed by atoms with Gasteiger partial charge in [-0.25, -0.2) is 0 Å². The molecule has 0 bridgehead atoms. The number of hydrogen-bond acceptors (Lipinski definition) is 4. The van der Waals surface area contributed by atoms with Gasteiger partial charge in [-0.05, 0) is 60.6 Å². The molecule has 0 saturated heterocycles. The van der Waals surface area contributed by atoms with Gasteiger partial charge in [0.1, 0.15) is 5.75 Å². The SMILES string of the molecule is COc1cc(CNC(=O)c2cc(Br)ccc2OCCC(C)C)ccc1OCCC(C)C. The predicted octanol–water partition coefficient (Wildman–Crippen LogP) is 6.24. The van der Waals surface area contributed by atoms with Gasteiger partial charge in [-0.15, -0.1) is 0 Å². The van der Waals surface area contributed by atoms with Gasteiger partial charge in [0.15, 0.2) is 11.5 Å². The normalized spacial score (nSPS) is 11.0. The molecule has 0 spiro atoms. The second kappa shape index (κ2) is 12.6. The second-order valence-corrected chi connectivity index (χ2v) is 9.29. The highest BCUT2D eigenvalue weighted by atomic mass is 79.9. The van der Waals surface area contributed by atoms with Crippen LogP contribution in [0.4, 0.5) is 0 Å². The highest BCUT2D eigenvalue weighted by molar-refractivity contribution is 9.10. The molecule has 0 aliphatic heterocycles. The highest BCUT2D eigenvalue weighted by Gasteiger charge is 2.14.